The number of amides is 1. The van der Waals surface area contributed by atoms with Crippen LogP contribution in [0.15, 0.2) is 36.5 Å². The van der Waals surface area contributed by atoms with E-state index in [1.165, 1.54) is 18.3 Å². The third kappa shape index (κ3) is 4.80. The molecule has 0 saturated heterocycles. The summed E-state index contributed by atoms with van der Waals surface area (Å²) in [5, 5.41) is 5.69. The van der Waals surface area contributed by atoms with Gasteiger partial charge in [-0.2, -0.15) is 0 Å². The molecule has 0 aliphatic carbocycles. The molecule has 1 aromatic carbocycles. The van der Waals surface area contributed by atoms with Crippen LogP contribution in [0.3, 0.4) is 0 Å². The zero-order chi connectivity index (χ0) is 15.8. The summed E-state index contributed by atoms with van der Waals surface area (Å²) in [4.78, 5) is 20.1. The van der Waals surface area contributed by atoms with Crippen LogP contribution in [0.1, 0.15) is 36.7 Å². The summed E-state index contributed by atoms with van der Waals surface area (Å²) in [6.07, 6.45) is 4.62. The number of aromatic nitrogens is 2. The molecular weight excluding hydrogens is 283 g/mol. The molecule has 1 aromatic heterocycles. The van der Waals surface area contributed by atoms with Gasteiger partial charge < -0.3 is 10.6 Å². The molecule has 0 bridgehead atoms. The summed E-state index contributed by atoms with van der Waals surface area (Å²) < 4.78 is 13.1. The van der Waals surface area contributed by atoms with Crippen molar-refractivity contribution in [3.05, 3.63) is 48.0 Å². The number of halogens is 1. The fraction of sp³-hybridized carbons (Fsp3) is 0.312. The first-order valence-electron chi connectivity index (χ1n) is 7.33. The number of anilines is 2. The molecule has 22 heavy (non-hydrogen) atoms. The summed E-state index contributed by atoms with van der Waals surface area (Å²) in [6, 6.07) is 7.52. The maximum atomic E-state index is 13.1. The Morgan fingerprint density at radius 2 is 2.14 bits per heavy atom. The molecule has 0 unspecified atom stereocenters. The van der Waals surface area contributed by atoms with E-state index in [0.29, 0.717) is 12.2 Å². The number of nitrogens with zero attached hydrogens (tertiary/aromatic N) is 2. The van der Waals surface area contributed by atoms with E-state index in [4.69, 9.17) is 0 Å². The first-order valence-corrected chi connectivity index (χ1v) is 7.33. The summed E-state index contributed by atoms with van der Waals surface area (Å²) >= 11 is 0. The van der Waals surface area contributed by atoms with Crippen molar-refractivity contribution < 1.29 is 9.18 Å². The van der Waals surface area contributed by atoms with Crippen molar-refractivity contribution >= 4 is 17.5 Å². The van der Waals surface area contributed by atoms with Gasteiger partial charge in [-0.15, -0.1) is 0 Å². The van der Waals surface area contributed by atoms with Gasteiger partial charge in [0.2, 0.25) is 5.95 Å². The summed E-state index contributed by atoms with van der Waals surface area (Å²) in [7, 11) is 0. The van der Waals surface area contributed by atoms with Crippen LogP contribution in [0.5, 0.6) is 0 Å². The third-order valence-corrected chi connectivity index (χ3v) is 3.03. The highest BCUT2D eigenvalue weighted by atomic mass is 19.1. The number of carbonyl (C=O) groups excluding carboxylic acids is 1. The molecular formula is C16H19FN4O. The summed E-state index contributed by atoms with van der Waals surface area (Å²) in [5.74, 6) is -0.331. The molecule has 1 heterocycles. The van der Waals surface area contributed by atoms with Crippen LogP contribution in [0.2, 0.25) is 0 Å². The molecule has 2 aromatic rings. The predicted molar refractivity (Wildman–Crippen MR) is 83.6 cm³/mol. The molecule has 0 fully saturated rings. The smallest absolute Gasteiger partial charge is 0.270 e. The van der Waals surface area contributed by atoms with E-state index < -0.39 is 0 Å². The number of carbonyl (C=O) groups is 1. The number of hydrogen-bond acceptors (Lipinski definition) is 4. The van der Waals surface area contributed by atoms with Crippen molar-refractivity contribution in [1.29, 1.82) is 0 Å². The topological polar surface area (TPSA) is 66.9 Å². The summed E-state index contributed by atoms with van der Waals surface area (Å²) in [5.41, 5.74) is 0.811. The van der Waals surface area contributed by atoms with Gasteiger partial charge in [0.05, 0.1) is 0 Å². The van der Waals surface area contributed by atoms with E-state index in [-0.39, 0.29) is 23.4 Å². The van der Waals surface area contributed by atoms with Crippen LogP contribution in [0.25, 0.3) is 0 Å². The van der Waals surface area contributed by atoms with Crippen LogP contribution >= 0.6 is 0 Å². The third-order valence-electron chi connectivity index (χ3n) is 3.03. The van der Waals surface area contributed by atoms with E-state index in [9.17, 15) is 9.18 Å². The van der Waals surface area contributed by atoms with Crippen LogP contribution < -0.4 is 10.6 Å². The van der Waals surface area contributed by atoms with E-state index in [1.54, 1.807) is 18.2 Å². The van der Waals surface area contributed by atoms with Crippen LogP contribution in [0.4, 0.5) is 16.0 Å². The van der Waals surface area contributed by atoms with E-state index in [0.717, 1.165) is 19.3 Å². The largest absolute Gasteiger partial charge is 0.351 e. The lowest BCUT2D eigenvalue weighted by molar-refractivity contribution is 0.0948. The van der Waals surface area contributed by atoms with Crippen molar-refractivity contribution in [3.8, 4) is 0 Å². The van der Waals surface area contributed by atoms with Gasteiger partial charge in [0, 0.05) is 18.4 Å². The zero-order valence-corrected chi connectivity index (χ0v) is 12.5. The Labute approximate surface area is 129 Å². The minimum absolute atomic E-state index is 0.235. The lowest BCUT2D eigenvalue weighted by Crippen LogP contribution is -2.25. The minimum atomic E-state index is -0.352. The highest BCUT2D eigenvalue weighted by Gasteiger charge is 2.08. The fourth-order valence-corrected chi connectivity index (χ4v) is 1.91. The standard InChI is InChI=1S/C16H19FN4O/c1-2-3-4-9-18-15(22)14-8-10-19-16(21-14)20-13-7-5-6-12(17)11-13/h5-8,10-11H,2-4,9H2,1H3,(H,18,22)(H,19,20,21). The number of rotatable bonds is 7. The van der Waals surface area contributed by atoms with E-state index in [2.05, 4.69) is 27.5 Å². The Bertz CT molecular complexity index is 633. The predicted octanol–water partition coefficient (Wildman–Crippen LogP) is 3.28. The molecule has 1 amide bonds. The lowest BCUT2D eigenvalue weighted by Gasteiger charge is -2.07. The molecule has 2 N–H and O–H groups in total. The van der Waals surface area contributed by atoms with Gasteiger partial charge >= 0.3 is 0 Å². The van der Waals surface area contributed by atoms with Gasteiger partial charge in [-0.3, -0.25) is 4.79 Å². The second-order valence-electron chi connectivity index (χ2n) is 4.86. The van der Waals surface area contributed by atoms with Crippen LogP contribution in [-0.2, 0) is 0 Å². The van der Waals surface area contributed by atoms with E-state index in [1.807, 2.05) is 0 Å². The average Bonchev–Trinajstić information content (AvgIpc) is 2.52. The maximum absolute atomic E-state index is 13.1. The first kappa shape index (κ1) is 15.9. The fourth-order valence-electron chi connectivity index (χ4n) is 1.91. The lowest BCUT2D eigenvalue weighted by atomic mass is 10.2. The highest BCUT2D eigenvalue weighted by molar-refractivity contribution is 5.92. The Hall–Kier alpha value is -2.50. The Kier molecular flexibility index (Phi) is 5.82. The van der Waals surface area contributed by atoms with Crippen molar-refractivity contribution in [2.45, 2.75) is 26.2 Å². The Morgan fingerprint density at radius 3 is 2.91 bits per heavy atom. The number of hydrogen-bond donors (Lipinski definition) is 2. The monoisotopic (exact) mass is 302 g/mol. The molecule has 0 saturated carbocycles. The van der Waals surface area contributed by atoms with Gasteiger partial charge in [-0.1, -0.05) is 25.8 Å². The molecule has 116 valence electrons. The normalized spacial score (nSPS) is 10.3. The number of benzene rings is 1. The Balaban J connectivity index is 1.98. The van der Waals surface area contributed by atoms with E-state index >= 15 is 0 Å². The zero-order valence-electron chi connectivity index (χ0n) is 12.5. The number of unbranched alkanes of at least 4 members (excludes halogenated alkanes) is 2. The van der Waals surface area contributed by atoms with Crippen molar-refractivity contribution in [3.63, 3.8) is 0 Å². The molecule has 0 spiro atoms. The number of nitrogens with one attached hydrogen (secondary N) is 2. The second-order valence-corrected chi connectivity index (χ2v) is 4.86. The maximum Gasteiger partial charge on any atom is 0.270 e. The quantitative estimate of drug-likeness (QED) is 0.770. The van der Waals surface area contributed by atoms with Gasteiger partial charge in [0.25, 0.3) is 5.91 Å². The molecule has 5 nitrogen and oxygen atoms in total. The molecule has 0 atom stereocenters. The summed E-state index contributed by atoms with van der Waals surface area (Å²) in [6.45, 7) is 2.74. The minimum Gasteiger partial charge on any atom is -0.351 e. The highest BCUT2D eigenvalue weighted by Crippen LogP contribution is 2.13. The van der Waals surface area contributed by atoms with Crippen LogP contribution in [0, 0.1) is 5.82 Å². The van der Waals surface area contributed by atoms with Crippen molar-refractivity contribution in [1.82, 2.24) is 15.3 Å². The Morgan fingerprint density at radius 1 is 1.27 bits per heavy atom. The van der Waals surface area contributed by atoms with Crippen molar-refractivity contribution in [2.24, 2.45) is 0 Å². The van der Waals surface area contributed by atoms with Gasteiger partial charge in [-0.25, -0.2) is 14.4 Å². The van der Waals surface area contributed by atoms with Gasteiger partial charge in [0.1, 0.15) is 11.5 Å². The second kappa shape index (κ2) is 8.07. The van der Waals surface area contributed by atoms with Gasteiger partial charge in [0.15, 0.2) is 0 Å². The SMILES string of the molecule is CCCCCNC(=O)c1ccnc(Nc2cccc(F)c2)n1. The first-order chi connectivity index (χ1) is 10.7. The molecule has 0 radical (unpaired) electrons. The molecule has 0 aliphatic heterocycles. The average molecular weight is 302 g/mol. The van der Waals surface area contributed by atoms with Crippen molar-refractivity contribution in [2.75, 3.05) is 11.9 Å². The molecule has 0 aliphatic rings. The van der Waals surface area contributed by atoms with Crippen LogP contribution in [-0.4, -0.2) is 22.4 Å². The molecule has 6 heteroatoms. The van der Waals surface area contributed by atoms with Gasteiger partial charge in [-0.05, 0) is 30.7 Å². The molecule has 2 rings (SSSR count).